The second-order valence-corrected chi connectivity index (χ2v) is 8.15. The molecule has 1 heterocycles. The number of para-hydroxylation sites is 2. The van der Waals surface area contributed by atoms with E-state index in [1.165, 1.54) is 0 Å². The number of hydrogen-bond acceptors (Lipinski definition) is 3. The van der Waals surface area contributed by atoms with Crippen molar-refractivity contribution in [3.8, 4) is 5.75 Å². The lowest BCUT2D eigenvalue weighted by Gasteiger charge is -2.11. The van der Waals surface area contributed by atoms with Crippen molar-refractivity contribution >= 4 is 34.6 Å². The molecule has 0 radical (unpaired) electrons. The molecule has 3 aromatic carbocycles. The second kappa shape index (κ2) is 10.8. The molecule has 4 aromatic rings. The molecule has 33 heavy (non-hydrogen) atoms. The molecule has 0 fully saturated rings. The normalized spacial score (nSPS) is 11.2. The van der Waals surface area contributed by atoms with Gasteiger partial charge in [0.1, 0.15) is 11.6 Å². The minimum Gasteiger partial charge on any atom is -0.494 e. The quantitative estimate of drug-likeness (QED) is 0.254. The number of benzene rings is 3. The molecule has 0 aliphatic rings. The zero-order chi connectivity index (χ0) is 23.0. The molecule has 6 heteroatoms. The number of carbonyl (C=O) groups is 1. The summed E-state index contributed by atoms with van der Waals surface area (Å²) in [6.07, 6.45) is 4.15. The number of amides is 1. The number of carbonyl (C=O) groups excluding carboxylic acids is 1. The summed E-state index contributed by atoms with van der Waals surface area (Å²) < 4.78 is 8.04. The Balaban J connectivity index is 1.38. The van der Waals surface area contributed by atoms with Crippen LogP contribution in [-0.2, 0) is 17.9 Å². The minimum absolute atomic E-state index is 0.154. The third kappa shape index (κ3) is 6.02. The SMILES string of the molecule is Cc1cc(OCCCn2c(CNC(=O)/C=C\c3ccccc3)nc3ccccc32)ccc1Cl. The van der Waals surface area contributed by atoms with Crippen molar-refractivity contribution in [2.45, 2.75) is 26.4 Å². The number of fused-ring (bicyclic) bond motifs is 1. The molecule has 0 atom stereocenters. The van der Waals surface area contributed by atoms with Gasteiger partial charge in [-0.1, -0.05) is 54.1 Å². The van der Waals surface area contributed by atoms with Gasteiger partial charge in [0.25, 0.3) is 0 Å². The Hall–Kier alpha value is -3.57. The molecule has 0 bridgehead atoms. The summed E-state index contributed by atoms with van der Waals surface area (Å²) in [7, 11) is 0. The zero-order valence-electron chi connectivity index (χ0n) is 18.5. The fourth-order valence-corrected chi connectivity index (χ4v) is 3.71. The lowest BCUT2D eigenvalue weighted by Crippen LogP contribution is -2.23. The van der Waals surface area contributed by atoms with Crippen molar-refractivity contribution in [1.29, 1.82) is 0 Å². The first-order valence-corrected chi connectivity index (χ1v) is 11.3. The number of rotatable bonds is 9. The van der Waals surface area contributed by atoms with E-state index in [-0.39, 0.29) is 5.91 Å². The number of nitrogens with zero attached hydrogens (tertiary/aromatic N) is 2. The Morgan fingerprint density at radius 1 is 1.09 bits per heavy atom. The topological polar surface area (TPSA) is 56.1 Å². The first kappa shape index (κ1) is 22.6. The number of hydrogen-bond donors (Lipinski definition) is 1. The van der Waals surface area contributed by atoms with Crippen LogP contribution >= 0.6 is 11.6 Å². The van der Waals surface area contributed by atoms with Gasteiger partial charge in [-0.2, -0.15) is 0 Å². The minimum atomic E-state index is -0.154. The zero-order valence-corrected chi connectivity index (χ0v) is 19.3. The summed E-state index contributed by atoms with van der Waals surface area (Å²) in [5.74, 6) is 1.48. The molecular weight excluding hydrogens is 434 g/mol. The van der Waals surface area contributed by atoms with E-state index in [2.05, 4.69) is 9.88 Å². The van der Waals surface area contributed by atoms with Gasteiger partial charge in [-0.15, -0.1) is 0 Å². The highest BCUT2D eigenvalue weighted by Gasteiger charge is 2.11. The van der Waals surface area contributed by atoms with Crippen LogP contribution in [0.5, 0.6) is 5.75 Å². The highest BCUT2D eigenvalue weighted by atomic mass is 35.5. The van der Waals surface area contributed by atoms with Crippen LogP contribution in [0.4, 0.5) is 0 Å². The molecule has 1 amide bonds. The van der Waals surface area contributed by atoms with Gasteiger partial charge in [-0.05, 0) is 60.9 Å². The number of nitrogens with one attached hydrogen (secondary N) is 1. The molecule has 1 aromatic heterocycles. The van der Waals surface area contributed by atoms with E-state index in [4.69, 9.17) is 21.3 Å². The van der Waals surface area contributed by atoms with E-state index in [0.717, 1.165) is 51.7 Å². The Morgan fingerprint density at radius 3 is 2.70 bits per heavy atom. The van der Waals surface area contributed by atoms with Gasteiger partial charge in [0.15, 0.2) is 0 Å². The number of ether oxygens (including phenoxy) is 1. The van der Waals surface area contributed by atoms with Gasteiger partial charge in [0.05, 0.1) is 24.2 Å². The van der Waals surface area contributed by atoms with Crippen molar-refractivity contribution in [2.75, 3.05) is 6.61 Å². The van der Waals surface area contributed by atoms with Crippen molar-refractivity contribution in [3.63, 3.8) is 0 Å². The highest BCUT2D eigenvalue weighted by Crippen LogP contribution is 2.21. The third-order valence-corrected chi connectivity index (χ3v) is 5.73. The van der Waals surface area contributed by atoms with E-state index in [1.54, 1.807) is 12.2 Å². The summed E-state index contributed by atoms with van der Waals surface area (Å²) in [6, 6.07) is 23.4. The Morgan fingerprint density at radius 2 is 1.88 bits per heavy atom. The highest BCUT2D eigenvalue weighted by molar-refractivity contribution is 6.31. The number of imidazole rings is 1. The maximum absolute atomic E-state index is 12.3. The van der Waals surface area contributed by atoms with Crippen LogP contribution in [0.25, 0.3) is 17.1 Å². The van der Waals surface area contributed by atoms with Crippen molar-refractivity contribution < 1.29 is 9.53 Å². The van der Waals surface area contributed by atoms with Crippen molar-refractivity contribution in [3.05, 3.63) is 101 Å². The molecular formula is C27H26ClN3O2. The van der Waals surface area contributed by atoms with Crippen LogP contribution in [0.2, 0.25) is 5.02 Å². The van der Waals surface area contributed by atoms with Crippen LogP contribution in [0.15, 0.2) is 78.9 Å². The summed E-state index contributed by atoms with van der Waals surface area (Å²) in [5.41, 5.74) is 3.93. The molecule has 0 spiro atoms. The molecule has 0 saturated heterocycles. The van der Waals surface area contributed by atoms with E-state index >= 15 is 0 Å². The van der Waals surface area contributed by atoms with Crippen LogP contribution in [-0.4, -0.2) is 22.1 Å². The average Bonchev–Trinajstić information content (AvgIpc) is 3.19. The largest absolute Gasteiger partial charge is 0.494 e. The molecule has 0 saturated carbocycles. The number of halogens is 1. The molecule has 4 rings (SSSR count). The molecule has 168 valence electrons. The Labute approximate surface area is 198 Å². The molecule has 1 N–H and O–H groups in total. The number of aryl methyl sites for hydroxylation is 2. The van der Waals surface area contributed by atoms with Crippen molar-refractivity contribution in [1.82, 2.24) is 14.9 Å². The Bertz CT molecular complexity index is 1270. The fourth-order valence-electron chi connectivity index (χ4n) is 3.59. The van der Waals surface area contributed by atoms with Gasteiger partial charge in [0.2, 0.25) is 5.91 Å². The lowest BCUT2D eigenvalue weighted by atomic mass is 10.2. The van der Waals surface area contributed by atoms with E-state index in [1.807, 2.05) is 79.7 Å². The average molecular weight is 460 g/mol. The summed E-state index contributed by atoms with van der Waals surface area (Å²) in [5, 5.41) is 3.68. The summed E-state index contributed by atoms with van der Waals surface area (Å²) in [4.78, 5) is 17.1. The Kier molecular flexibility index (Phi) is 7.43. The third-order valence-electron chi connectivity index (χ3n) is 5.31. The maximum atomic E-state index is 12.3. The summed E-state index contributed by atoms with van der Waals surface area (Å²) in [6.45, 7) is 3.61. The molecule has 0 unspecified atom stereocenters. The second-order valence-electron chi connectivity index (χ2n) is 7.74. The van der Waals surface area contributed by atoms with Gasteiger partial charge < -0.3 is 14.6 Å². The van der Waals surface area contributed by atoms with Crippen LogP contribution < -0.4 is 10.1 Å². The van der Waals surface area contributed by atoms with Gasteiger partial charge in [-0.25, -0.2) is 4.98 Å². The molecule has 0 aliphatic heterocycles. The van der Waals surface area contributed by atoms with Crippen LogP contribution in [0, 0.1) is 6.92 Å². The molecule has 5 nitrogen and oxygen atoms in total. The first-order chi connectivity index (χ1) is 16.1. The van der Waals surface area contributed by atoms with E-state index in [9.17, 15) is 4.79 Å². The fraction of sp³-hybridized carbons (Fsp3) is 0.185. The lowest BCUT2D eigenvalue weighted by molar-refractivity contribution is -0.116. The van der Waals surface area contributed by atoms with Crippen LogP contribution in [0.1, 0.15) is 23.4 Å². The van der Waals surface area contributed by atoms with Gasteiger partial charge in [0, 0.05) is 17.6 Å². The van der Waals surface area contributed by atoms with E-state index in [0.29, 0.717) is 13.2 Å². The van der Waals surface area contributed by atoms with Gasteiger partial charge >= 0.3 is 0 Å². The van der Waals surface area contributed by atoms with Crippen molar-refractivity contribution in [2.24, 2.45) is 0 Å². The standard InChI is InChI=1S/C27H26ClN3O2/c1-20-18-22(13-14-23(20)28)33-17-7-16-31-25-11-6-5-10-24(25)30-26(31)19-29-27(32)15-12-21-8-3-2-4-9-21/h2-6,8-15,18H,7,16-17,19H2,1H3,(H,29,32)/b15-12-. The monoisotopic (exact) mass is 459 g/mol. The number of aromatic nitrogens is 2. The first-order valence-electron chi connectivity index (χ1n) is 10.9. The predicted octanol–water partition coefficient (Wildman–Crippen LogP) is 5.80. The molecule has 0 aliphatic carbocycles. The smallest absolute Gasteiger partial charge is 0.244 e. The van der Waals surface area contributed by atoms with Crippen LogP contribution in [0.3, 0.4) is 0 Å². The van der Waals surface area contributed by atoms with Gasteiger partial charge in [-0.3, -0.25) is 4.79 Å². The summed E-state index contributed by atoms with van der Waals surface area (Å²) >= 11 is 6.09. The van der Waals surface area contributed by atoms with E-state index < -0.39 is 0 Å². The predicted molar refractivity (Wildman–Crippen MR) is 133 cm³/mol. The maximum Gasteiger partial charge on any atom is 0.244 e.